The molecule has 0 unspecified atom stereocenters. The van der Waals surface area contributed by atoms with Gasteiger partial charge in [-0.05, 0) is 25.3 Å². The molecule has 3 aromatic rings. The summed E-state index contributed by atoms with van der Waals surface area (Å²) < 4.78 is 5.87. The number of nitrogens with zero attached hydrogens (tertiary/aromatic N) is 3. The number of thioether (sulfide) groups is 1. The number of rotatable bonds is 11. The molecule has 2 aromatic heterocycles. The van der Waals surface area contributed by atoms with E-state index < -0.39 is 0 Å². The Morgan fingerprint density at radius 2 is 2.04 bits per heavy atom. The zero-order valence-electron chi connectivity index (χ0n) is 16.6. The van der Waals surface area contributed by atoms with Crippen LogP contribution in [0, 0.1) is 0 Å². The van der Waals surface area contributed by atoms with Crippen molar-refractivity contribution < 1.29 is 4.42 Å². The van der Waals surface area contributed by atoms with Gasteiger partial charge in [0, 0.05) is 35.4 Å². The Morgan fingerprint density at radius 3 is 2.86 bits per heavy atom. The summed E-state index contributed by atoms with van der Waals surface area (Å²) in [5, 5.41) is 2.98. The van der Waals surface area contributed by atoms with Crippen LogP contribution in [0.25, 0.3) is 0 Å². The maximum absolute atomic E-state index is 5.87. The Labute approximate surface area is 175 Å². The van der Waals surface area contributed by atoms with Crippen molar-refractivity contribution in [1.82, 2.24) is 9.97 Å². The van der Waals surface area contributed by atoms with Crippen molar-refractivity contribution in [2.75, 3.05) is 5.75 Å². The first kappa shape index (κ1) is 20.8. The molecule has 0 saturated heterocycles. The van der Waals surface area contributed by atoms with Gasteiger partial charge in [-0.2, -0.15) is 11.8 Å². The highest BCUT2D eigenvalue weighted by Gasteiger charge is 2.06. The van der Waals surface area contributed by atoms with E-state index in [1.807, 2.05) is 24.0 Å². The van der Waals surface area contributed by atoms with E-state index >= 15 is 0 Å². The predicted octanol–water partition coefficient (Wildman–Crippen LogP) is 6.28. The molecule has 2 heterocycles. The van der Waals surface area contributed by atoms with Crippen LogP contribution in [0.2, 0.25) is 0 Å². The van der Waals surface area contributed by atoms with E-state index in [1.165, 1.54) is 5.56 Å². The molecule has 0 atom stereocenters. The maximum Gasteiger partial charge on any atom is 0.209 e. The second-order valence-electron chi connectivity index (χ2n) is 6.73. The average molecular weight is 414 g/mol. The van der Waals surface area contributed by atoms with E-state index in [0.29, 0.717) is 0 Å². The van der Waals surface area contributed by atoms with Crippen LogP contribution in [0.3, 0.4) is 0 Å². The summed E-state index contributed by atoms with van der Waals surface area (Å²) in [5.41, 5.74) is 3.59. The molecular weight excluding hydrogens is 386 g/mol. The molecule has 0 radical (unpaired) electrons. The Balaban J connectivity index is 1.37. The summed E-state index contributed by atoms with van der Waals surface area (Å²) in [5.74, 6) is 3.67. The molecule has 0 N–H and O–H groups in total. The average Bonchev–Trinajstić information content (AvgIpc) is 3.34. The normalized spacial score (nSPS) is 11.9. The molecule has 0 aliphatic heterocycles. The number of hydrogen-bond acceptors (Lipinski definition) is 6. The molecule has 0 fully saturated rings. The Hall–Kier alpha value is -1.92. The van der Waals surface area contributed by atoms with Gasteiger partial charge in [-0.1, -0.05) is 43.7 Å². The fraction of sp³-hybridized carbons (Fsp3) is 0.409. The predicted molar refractivity (Wildman–Crippen MR) is 120 cm³/mol. The lowest BCUT2D eigenvalue weighted by Crippen LogP contribution is -1.91. The first-order valence-electron chi connectivity index (χ1n) is 9.76. The van der Waals surface area contributed by atoms with Gasteiger partial charge < -0.3 is 4.42 Å². The van der Waals surface area contributed by atoms with Crippen LogP contribution in [-0.4, -0.2) is 21.4 Å². The molecule has 0 amide bonds. The Kier molecular flexibility index (Phi) is 8.30. The van der Waals surface area contributed by atoms with Crippen molar-refractivity contribution in [3.63, 3.8) is 0 Å². The summed E-state index contributed by atoms with van der Waals surface area (Å²) in [6, 6.07) is 10.5. The summed E-state index contributed by atoms with van der Waals surface area (Å²) in [7, 11) is 0. The number of aromatic nitrogens is 2. The third kappa shape index (κ3) is 6.91. The van der Waals surface area contributed by atoms with E-state index in [1.54, 1.807) is 11.3 Å². The number of aliphatic imine (C=N–C) groups is 1. The molecule has 0 aliphatic carbocycles. The third-order valence-electron chi connectivity index (χ3n) is 4.25. The first-order chi connectivity index (χ1) is 13.7. The number of oxazole rings is 1. The Bertz CT molecular complexity index is 871. The molecule has 0 spiro atoms. The van der Waals surface area contributed by atoms with Crippen molar-refractivity contribution in [2.45, 2.75) is 51.7 Å². The highest BCUT2D eigenvalue weighted by Crippen LogP contribution is 2.23. The van der Waals surface area contributed by atoms with Gasteiger partial charge in [-0.3, -0.25) is 0 Å². The second kappa shape index (κ2) is 11.2. The topological polar surface area (TPSA) is 51.3 Å². The molecule has 1 aromatic carbocycles. The number of benzene rings is 1. The van der Waals surface area contributed by atoms with Crippen molar-refractivity contribution in [3.05, 3.63) is 64.8 Å². The number of thiazole rings is 1. The van der Waals surface area contributed by atoms with Crippen molar-refractivity contribution in [2.24, 2.45) is 4.99 Å². The molecule has 0 saturated carbocycles. The van der Waals surface area contributed by atoms with Crippen LogP contribution in [0.15, 0.2) is 51.3 Å². The van der Waals surface area contributed by atoms with Crippen LogP contribution in [0.1, 0.15) is 49.6 Å². The van der Waals surface area contributed by atoms with Gasteiger partial charge in [0.05, 0.1) is 11.9 Å². The van der Waals surface area contributed by atoms with E-state index in [-0.39, 0.29) is 0 Å². The van der Waals surface area contributed by atoms with E-state index in [4.69, 9.17) is 4.42 Å². The second-order valence-corrected chi connectivity index (χ2v) is 8.67. The van der Waals surface area contributed by atoms with Gasteiger partial charge in [0.15, 0.2) is 5.89 Å². The third-order valence-corrected chi connectivity index (χ3v) is 6.03. The van der Waals surface area contributed by atoms with Crippen molar-refractivity contribution in [3.8, 4) is 0 Å². The minimum atomic E-state index is 0.828. The highest BCUT2D eigenvalue weighted by atomic mass is 32.2. The monoisotopic (exact) mass is 413 g/mol. The first-order valence-corrected chi connectivity index (χ1v) is 11.8. The molecular formula is C22H27N3OS2. The standard InChI is InChI=1S/C22H27N3OS2/c1-3-7-17(2)24-22-25-19(16-28-22)15-27-13-12-21-23-14-20(26-21)11-10-18-8-5-4-6-9-18/h4-6,8-9,14,16H,3,7,10-13,15H2,1-2H3. The zero-order chi connectivity index (χ0) is 19.6. The quantitative estimate of drug-likeness (QED) is 0.274. The zero-order valence-corrected chi connectivity index (χ0v) is 18.2. The molecule has 28 heavy (non-hydrogen) atoms. The molecule has 148 valence electrons. The van der Waals surface area contributed by atoms with Gasteiger partial charge in [-0.25, -0.2) is 15.0 Å². The molecule has 0 bridgehead atoms. The van der Waals surface area contributed by atoms with Crippen molar-refractivity contribution in [1.29, 1.82) is 0 Å². The largest absolute Gasteiger partial charge is 0.446 e. The fourth-order valence-electron chi connectivity index (χ4n) is 2.82. The van der Waals surface area contributed by atoms with Gasteiger partial charge in [0.1, 0.15) is 5.76 Å². The lowest BCUT2D eigenvalue weighted by atomic mass is 10.1. The molecule has 6 heteroatoms. The van der Waals surface area contributed by atoms with E-state index in [2.05, 4.69) is 58.5 Å². The van der Waals surface area contributed by atoms with Crippen LogP contribution in [-0.2, 0) is 25.0 Å². The summed E-state index contributed by atoms with van der Waals surface area (Å²) in [6.45, 7) is 4.24. The van der Waals surface area contributed by atoms with Gasteiger partial charge in [-0.15, -0.1) is 11.3 Å². The van der Waals surface area contributed by atoms with Crippen LogP contribution >= 0.6 is 23.1 Å². The smallest absolute Gasteiger partial charge is 0.209 e. The molecule has 4 nitrogen and oxygen atoms in total. The summed E-state index contributed by atoms with van der Waals surface area (Å²) >= 11 is 3.48. The van der Waals surface area contributed by atoms with Crippen molar-refractivity contribution >= 4 is 33.9 Å². The number of aryl methyl sites for hydroxylation is 3. The Morgan fingerprint density at radius 1 is 1.18 bits per heavy atom. The summed E-state index contributed by atoms with van der Waals surface area (Å²) in [4.78, 5) is 13.6. The van der Waals surface area contributed by atoms with Gasteiger partial charge in [0.25, 0.3) is 0 Å². The maximum atomic E-state index is 5.87. The lowest BCUT2D eigenvalue weighted by Gasteiger charge is -1.99. The fourth-order valence-corrected chi connectivity index (χ4v) is 4.50. The molecule has 3 rings (SSSR count). The summed E-state index contributed by atoms with van der Waals surface area (Å²) in [6.07, 6.45) is 6.75. The van der Waals surface area contributed by atoms with Crippen LogP contribution < -0.4 is 0 Å². The minimum Gasteiger partial charge on any atom is -0.446 e. The van der Waals surface area contributed by atoms with Gasteiger partial charge in [0.2, 0.25) is 5.13 Å². The van der Waals surface area contributed by atoms with E-state index in [0.717, 1.165) is 71.8 Å². The number of hydrogen-bond donors (Lipinski definition) is 0. The lowest BCUT2D eigenvalue weighted by molar-refractivity contribution is 0.460. The van der Waals surface area contributed by atoms with Gasteiger partial charge >= 0.3 is 0 Å². The molecule has 0 aliphatic rings. The SMILES string of the molecule is CCCC(C)=Nc1nc(CSCCc2ncc(CCc3ccccc3)o2)cs1. The van der Waals surface area contributed by atoms with Crippen LogP contribution in [0.4, 0.5) is 5.13 Å². The highest BCUT2D eigenvalue weighted by molar-refractivity contribution is 7.98. The minimum absolute atomic E-state index is 0.828. The van der Waals surface area contributed by atoms with E-state index in [9.17, 15) is 0 Å². The van der Waals surface area contributed by atoms with Crippen LogP contribution in [0.5, 0.6) is 0 Å².